The van der Waals surface area contributed by atoms with E-state index < -0.39 is 11.6 Å². The van der Waals surface area contributed by atoms with Gasteiger partial charge < -0.3 is 15.3 Å². The number of imide groups is 1. The summed E-state index contributed by atoms with van der Waals surface area (Å²) < 4.78 is 0. The highest BCUT2D eigenvalue weighted by atomic mass is 16.3. The molecule has 4 amide bonds. The molecular weight excluding hydrogens is 386 g/mol. The molecular formula is C21H29N5O4. The summed E-state index contributed by atoms with van der Waals surface area (Å²) in [5, 5.41) is 13.1. The zero-order valence-corrected chi connectivity index (χ0v) is 17.3. The normalized spacial score (nSPS) is 27.4. The molecule has 0 aromatic heterocycles. The Morgan fingerprint density at radius 1 is 1.13 bits per heavy atom. The second-order valence-electron chi connectivity index (χ2n) is 8.65. The van der Waals surface area contributed by atoms with Gasteiger partial charge in [0.05, 0.1) is 6.54 Å². The number of aromatic hydroxyl groups is 1. The van der Waals surface area contributed by atoms with Crippen molar-refractivity contribution in [2.45, 2.75) is 38.1 Å². The quantitative estimate of drug-likeness (QED) is 0.635. The standard InChI is InChI=1S/C21H29N5O4/c1-15-6-8-21(9-7-15)19(29)26(20(30)22-21)23-18(28)14-24-10-12-25(13-11-24)16-2-4-17(27)5-3-16/h2-5,15,27H,6-14H2,1H3,(H,22,30)(H,23,28). The Kier molecular flexibility index (Phi) is 5.55. The van der Waals surface area contributed by atoms with Crippen LogP contribution in [0.5, 0.6) is 5.75 Å². The fourth-order valence-corrected chi connectivity index (χ4v) is 4.51. The van der Waals surface area contributed by atoms with Crippen LogP contribution in [0.3, 0.4) is 0 Å². The summed E-state index contributed by atoms with van der Waals surface area (Å²) >= 11 is 0. The van der Waals surface area contributed by atoms with E-state index in [0.717, 1.165) is 36.6 Å². The van der Waals surface area contributed by atoms with Gasteiger partial charge in [-0.2, -0.15) is 5.01 Å². The van der Waals surface area contributed by atoms with Crippen LogP contribution in [0.4, 0.5) is 10.5 Å². The first-order valence-electron chi connectivity index (χ1n) is 10.6. The number of urea groups is 1. The summed E-state index contributed by atoms with van der Waals surface area (Å²) in [5.74, 6) is 0.0750. The maximum atomic E-state index is 12.8. The molecule has 0 radical (unpaired) electrons. The second kappa shape index (κ2) is 8.14. The van der Waals surface area contributed by atoms with Crippen LogP contribution in [0.25, 0.3) is 0 Å². The number of hydrogen-bond acceptors (Lipinski definition) is 6. The van der Waals surface area contributed by atoms with Crippen molar-refractivity contribution in [2.75, 3.05) is 37.6 Å². The van der Waals surface area contributed by atoms with Gasteiger partial charge in [-0.25, -0.2) is 4.79 Å². The number of carbonyl (C=O) groups is 3. The van der Waals surface area contributed by atoms with Gasteiger partial charge in [0.2, 0.25) is 0 Å². The van der Waals surface area contributed by atoms with Crippen LogP contribution in [0, 0.1) is 5.92 Å². The Labute approximate surface area is 176 Å². The highest BCUT2D eigenvalue weighted by Crippen LogP contribution is 2.35. The van der Waals surface area contributed by atoms with Gasteiger partial charge in [-0.05, 0) is 55.9 Å². The molecule has 9 nitrogen and oxygen atoms in total. The monoisotopic (exact) mass is 415 g/mol. The number of hydrogen-bond donors (Lipinski definition) is 3. The van der Waals surface area contributed by atoms with E-state index in [4.69, 9.17) is 0 Å². The Balaban J connectivity index is 1.27. The number of hydrazine groups is 1. The summed E-state index contributed by atoms with van der Waals surface area (Å²) in [6.45, 7) is 5.16. The van der Waals surface area contributed by atoms with Crippen LogP contribution in [0.2, 0.25) is 0 Å². The van der Waals surface area contributed by atoms with Crippen molar-refractivity contribution in [1.29, 1.82) is 0 Å². The van der Waals surface area contributed by atoms with Gasteiger partial charge in [-0.15, -0.1) is 0 Å². The third-order valence-corrected chi connectivity index (χ3v) is 6.48. The highest BCUT2D eigenvalue weighted by Gasteiger charge is 2.52. The smallest absolute Gasteiger partial charge is 0.344 e. The maximum absolute atomic E-state index is 12.8. The van der Waals surface area contributed by atoms with E-state index in [1.807, 2.05) is 17.0 Å². The van der Waals surface area contributed by atoms with Crippen LogP contribution in [0.15, 0.2) is 24.3 Å². The van der Waals surface area contributed by atoms with E-state index in [1.165, 1.54) is 0 Å². The molecule has 1 aliphatic carbocycles. The van der Waals surface area contributed by atoms with Crippen molar-refractivity contribution in [3.63, 3.8) is 0 Å². The first-order valence-corrected chi connectivity index (χ1v) is 10.6. The first-order chi connectivity index (χ1) is 14.4. The van der Waals surface area contributed by atoms with Crippen molar-refractivity contribution >= 4 is 23.5 Å². The number of anilines is 1. The third kappa shape index (κ3) is 4.07. The molecule has 162 valence electrons. The van der Waals surface area contributed by atoms with Gasteiger partial charge in [-0.1, -0.05) is 6.92 Å². The zero-order chi connectivity index (χ0) is 21.3. The van der Waals surface area contributed by atoms with E-state index in [9.17, 15) is 19.5 Å². The molecule has 2 aliphatic heterocycles. The lowest BCUT2D eigenvalue weighted by molar-refractivity contribution is -0.140. The molecule has 9 heteroatoms. The van der Waals surface area contributed by atoms with Crippen LogP contribution < -0.4 is 15.6 Å². The van der Waals surface area contributed by atoms with Gasteiger partial charge in [0, 0.05) is 31.9 Å². The molecule has 1 spiro atoms. The summed E-state index contributed by atoms with van der Waals surface area (Å²) in [5.41, 5.74) is 2.68. The predicted molar refractivity (Wildman–Crippen MR) is 111 cm³/mol. The lowest BCUT2D eigenvalue weighted by atomic mass is 9.77. The minimum Gasteiger partial charge on any atom is -0.508 e. The van der Waals surface area contributed by atoms with Crippen LogP contribution in [-0.4, -0.2) is 71.1 Å². The number of piperazine rings is 1. The van der Waals surface area contributed by atoms with Crippen molar-refractivity contribution < 1.29 is 19.5 Å². The fourth-order valence-electron chi connectivity index (χ4n) is 4.51. The van der Waals surface area contributed by atoms with Crippen molar-refractivity contribution in [3.05, 3.63) is 24.3 Å². The van der Waals surface area contributed by atoms with Crippen molar-refractivity contribution in [1.82, 2.24) is 20.7 Å². The number of rotatable bonds is 4. The van der Waals surface area contributed by atoms with Gasteiger partial charge in [0.25, 0.3) is 11.8 Å². The van der Waals surface area contributed by atoms with Gasteiger partial charge in [0.1, 0.15) is 11.3 Å². The molecule has 1 aromatic carbocycles. The van der Waals surface area contributed by atoms with E-state index in [0.29, 0.717) is 31.8 Å². The highest BCUT2D eigenvalue weighted by molar-refractivity contribution is 6.08. The molecule has 3 N–H and O–H groups in total. The SMILES string of the molecule is CC1CCC2(CC1)NC(=O)N(NC(=O)CN1CCN(c3ccc(O)cc3)CC1)C2=O. The number of phenols is 1. The zero-order valence-electron chi connectivity index (χ0n) is 17.3. The third-order valence-electron chi connectivity index (χ3n) is 6.48. The Hall–Kier alpha value is -2.81. The number of nitrogens with one attached hydrogen (secondary N) is 2. The lowest BCUT2D eigenvalue weighted by Gasteiger charge is -2.36. The summed E-state index contributed by atoms with van der Waals surface area (Å²) in [6, 6.07) is 6.52. The van der Waals surface area contributed by atoms with Crippen LogP contribution in [-0.2, 0) is 9.59 Å². The Morgan fingerprint density at radius 3 is 2.40 bits per heavy atom. The minimum absolute atomic E-state index is 0.129. The molecule has 1 aromatic rings. The average Bonchev–Trinajstić information content (AvgIpc) is 2.96. The number of carbonyl (C=O) groups excluding carboxylic acids is 3. The molecule has 0 unspecified atom stereocenters. The molecule has 4 rings (SSSR count). The Morgan fingerprint density at radius 2 is 1.77 bits per heavy atom. The molecule has 3 fully saturated rings. The van der Waals surface area contributed by atoms with Crippen LogP contribution >= 0.6 is 0 Å². The van der Waals surface area contributed by atoms with E-state index >= 15 is 0 Å². The topological polar surface area (TPSA) is 105 Å². The van der Waals surface area contributed by atoms with Gasteiger partial charge in [0.15, 0.2) is 0 Å². The van der Waals surface area contributed by atoms with Crippen LogP contribution in [0.1, 0.15) is 32.6 Å². The first kappa shape index (κ1) is 20.5. The summed E-state index contributed by atoms with van der Waals surface area (Å²) in [4.78, 5) is 41.9. The van der Waals surface area contributed by atoms with E-state index in [1.54, 1.807) is 12.1 Å². The number of benzene rings is 1. The summed E-state index contributed by atoms with van der Waals surface area (Å²) in [7, 11) is 0. The molecule has 3 aliphatic rings. The molecule has 2 heterocycles. The van der Waals surface area contributed by atoms with E-state index in [-0.39, 0.29) is 24.1 Å². The fraction of sp³-hybridized carbons (Fsp3) is 0.571. The molecule has 0 atom stereocenters. The molecule has 30 heavy (non-hydrogen) atoms. The molecule has 2 saturated heterocycles. The minimum atomic E-state index is -0.855. The largest absolute Gasteiger partial charge is 0.508 e. The maximum Gasteiger partial charge on any atom is 0.344 e. The predicted octanol–water partition coefficient (Wildman–Crippen LogP) is 1.05. The van der Waals surface area contributed by atoms with Crippen molar-refractivity contribution in [3.8, 4) is 5.75 Å². The average molecular weight is 415 g/mol. The van der Waals surface area contributed by atoms with Crippen molar-refractivity contribution in [2.24, 2.45) is 5.92 Å². The molecule has 0 bridgehead atoms. The molecule has 1 saturated carbocycles. The van der Waals surface area contributed by atoms with E-state index in [2.05, 4.69) is 22.6 Å². The van der Waals surface area contributed by atoms with Gasteiger partial charge >= 0.3 is 6.03 Å². The number of amides is 4. The number of phenolic OH excluding ortho intramolecular Hbond substituents is 1. The Bertz CT molecular complexity index is 811. The lowest BCUT2D eigenvalue weighted by Crippen LogP contribution is -2.54. The second-order valence-corrected chi connectivity index (χ2v) is 8.65. The number of nitrogens with zero attached hydrogens (tertiary/aromatic N) is 3. The van der Waals surface area contributed by atoms with Gasteiger partial charge in [-0.3, -0.25) is 19.9 Å². The summed E-state index contributed by atoms with van der Waals surface area (Å²) in [6.07, 6.45) is 3.01.